The van der Waals surface area contributed by atoms with Gasteiger partial charge in [-0.3, -0.25) is 14.1 Å². The fraction of sp³-hybridized carbons (Fsp3) is 0.389. The smallest absolute Gasteiger partial charge is 0.255 e. The summed E-state index contributed by atoms with van der Waals surface area (Å²) in [4.78, 5) is 12.3. The largest absolute Gasteiger partial charge is 0.494 e. The Bertz CT molecular complexity index is 987. The molecule has 0 aliphatic rings. The second-order valence-electron chi connectivity index (χ2n) is 6.22. The molecule has 0 fully saturated rings. The number of sulfonamides is 1. The molecule has 27 heavy (non-hydrogen) atoms. The van der Waals surface area contributed by atoms with Crippen LogP contribution in [0.5, 0.6) is 5.75 Å². The van der Waals surface area contributed by atoms with Gasteiger partial charge in [-0.15, -0.1) is 0 Å². The van der Waals surface area contributed by atoms with Crippen LogP contribution in [0.4, 0.5) is 17.2 Å². The number of unbranched alkanes of at least 4 members (excludes halogenated alkanes) is 1. The van der Waals surface area contributed by atoms with Crippen LogP contribution in [0, 0.1) is 6.92 Å². The van der Waals surface area contributed by atoms with Gasteiger partial charge in [-0.25, -0.2) is 8.42 Å². The molecule has 2 rings (SSSR count). The average Bonchev–Trinajstić information content (AvgIpc) is 2.61. The van der Waals surface area contributed by atoms with E-state index in [4.69, 9.17) is 16.3 Å². The van der Waals surface area contributed by atoms with Gasteiger partial charge in [0, 0.05) is 13.1 Å². The first-order valence-corrected chi connectivity index (χ1v) is 10.5. The molecule has 0 saturated heterocycles. The van der Waals surface area contributed by atoms with E-state index in [1.165, 1.54) is 24.8 Å². The maximum absolute atomic E-state index is 12.4. The fourth-order valence-electron chi connectivity index (χ4n) is 2.47. The Balaban J connectivity index is 2.57. The third-order valence-electron chi connectivity index (χ3n) is 4.03. The summed E-state index contributed by atoms with van der Waals surface area (Å²) in [5.74, 6) is 0.342. The van der Waals surface area contributed by atoms with Crippen LogP contribution in [-0.2, 0) is 17.1 Å². The molecule has 0 spiro atoms. The van der Waals surface area contributed by atoms with Crippen molar-refractivity contribution in [2.24, 2.45) is 7.05 Å². The van der Waals surface area contributed by atoms with Crippen LogP contribution in [0.1, 0.15) is 25.3 Å². The minimum absolute atomic E-state index is 0.0276. The summed E-state index contributed by atoms with van der Waals surface area (Å²) in [5.41, 5.74) is 1.33. The number of pyridine rings is 1. The number of hydrogen-bond donors (Lipinski definition) is 2. The van der Waals surface area contributed by atoms with E-state index < -0.39 is 10.0 Å². The number of nitrogens with zero attached hydrogens (tertiary/aromatic N) is 1. The highest BCUT2D eigenvalue weighted by Gasteiger charge is 2.21. The van der Waals surface area contributed by atoms with E-state index in [2.05, 4.69) is 10.0 Å². The first kappa shape index (κ1) is 21.1. The molecule has 0 aliphatic heterocycles. The van der Waals surface area contributed by atoms with Gasteiger partial charge >= 0.3 is 0 Å². The van der Waals surface area contributed by atoms with Gasteiger partial charge in [-0.05, 0) is 31.0 Å². The molecule has 0 atom stereocenters. The molecule has 0 amide bonds. The zero-order valence-corrected chi connectivity index (χ0v) is 17.4. The van der Waals surface area contributed by atoms with E-state index in [0.29, 0.717) is 17.1 Å². The number of ether oxygens (including phenoxy) is 1. The molecular weight excluding hydrogens is 390 g/mol. The quantitative estimate of drug-likeness (QED) is 0.689. The third-order valence-corrected chi connectivity index (χ3v) is 5.68. The highest BCUT2D eigenvalue weighted by molar-refractivity contribution is 7.92. The topological polar surface area (TPSA) is 89.4 Å². The van der Waals surface area contributed by atoms with Crippen molar-refractivity contribution >= 4 is 38.8 Å². The number of halogens is 1. The molecule has 1 heterocycles. The molecule has 0 aliphatic carbocycles. The van der Waals surface area contributed by atoms with E-state index in [9.17, 15) is 13.2 Å². The Kier molecular flexibility index (Phi) is 6.78. The summed E-state index contributed by atoms with van der Waals surface area (Å²) in [6.07, 6.45) is 1.27. The molecule has 0 radical (unpaired) electrons. The van der Waals surface area contributed by atoms with Gasteiger partial charge in [0.15, 0.2) is 5.75 Å². The predicted molar refractivity (Wildman–Crippen MR) is 110 cm³/mol. The molecular formula is C18H24ClN3O4S. The molecule has 0 unspecified atom stereocenters. The number of aromatic nitrogens is 1. The third kappa shape index (κ3) is 5.17. The van der Waals surface area contributed by atoms with Crippen LogP contribution in [0.15, 0.2) is 29.1 Å². The van der Waals surface area contributed by atoms with Gasteiger partial charge < -0.3 is 10.1 Å². The van der Waals surface area contributed by atoms with Gasteiger partial charge in [0.2, 0.25) is 10.0 Å². The SMILES string of the molecule is CCCCS(=O)(=O)Nc1c(OC)cc(=O)n(C)c1Nc1ccc(C)cc1Cl. The van der Waals surface area contributed by atoms with Gasteiger partial charge in [-0.1, -0.05) is 31.0 Å². The second kappa shape index (κ2) is 8.67. The maximum Gasteiger partial charge on any atom is 0.255 e. The number of benzene rings is 1. The standard InChI is InChI=1S/C18H24ClN3O4S/c1-5-6-9-27(24,25)21-17-15(26-4)11-16(23)22(3)18(17)20-14-8-7-12(2)10-13(14)19/h7-8,10-11,20-21H,5-6,9H2,1-4H3. The van der Waals surface area contributed by atoms with Crippen LogP contribution < -0.4 is 20.3 Å². The zero-order chi connectivity index (χ0) is 20.2. The molecule has 0 bridgehead atoms. The molecule has 9 heteroatoms. The van der Waals surface area contributed by atoms with Crippen molar-refractivity contribution in [1.29, 1.82) is 0 Å². The lowest BCUT2D eigenvalue weighted by Crippen LogP contribution is -2.24. The molecule has 2 N–H and O–H groups in total. The minimum atomic E-state index is -3.61. The van der Waals surface area contributed by atoms with Crippen molar-refractivity contribution in [3.05, 3.63) is 45.2 Å². The van der Waals surface area contributed by atoms with Crippen LogP contribution in [-0.4, -0.2) is 25.8 Å². The minimum Gasteiger partial charge on any atom is -0.494 e. The van der Waals surface area contributed by atoms with Crippen molar-refractivity contribution in [2.75, 3.05) is 22.9 Å². The summed E-state index contributed by atoms with van der Waals surface area (Å²) < 4.78 is 34.0. The normalized spacial score (nSPS) is 11.3. The lowest BCUT2D eigenvalue weighted by Gasteiger charge is -2.20. The predicted octanol–water partition coefficient (Wildman–Crippen LogP) is 3.64. The number of aryl methyl sites for hydroxylation is 1. The van der Waals surface area contributed by atoms with Gasteiger partial charge in [0.25, 0.3) is 5.56 Å². The van der Waals surface area contributed by atoms with Crippen molar-refractivity contribution < 1.29 is 13.2 Å². The maximum atomic E-state index is 12.4. The van der Waals surface area contributed by atoms with Crippen LogP contribution in [0.25, 0.3) is 0 Å². The molecule has 0 saturated carbocycles. The van der Waals surface area contributed by atoms with Crippen molar-refractivity contribution in [3.63, 3.8) is 0 Å². The summed E-state index contributed by atoms with van der Waals surface area (Å²) in [6, 6.07) is 6.63. The van der Waals surface area contributed by atoms with Crippen LogP contribution in [0.2, 0.25) is 5.02 Å². The van der Waals surface area contributed by atoms with Crippen molar-refractivity contribution in [1.82, 2.24) is 4.57 Å². The molecule has 1 aromatic heterocycles. The number of hydrogen-bond acceptors (Lipinski definition) is 5. The van der Waals surface area contributed by atoms with E-state index in [1.807, 2.05) is 19.9 Å². The van der Waals surface area contributed by atoms with E-state index in [0.717, 1.165) is 12.0 Å². The second-order valence-corrected chi connectivity index (χ2v) is 8.47. The first-order chi connectivity index (χ1) is 12.7. The number of methoxy groups -OCH3 is 1. The van der Waals surface area contributed by atoms with Gasteiger partial charge in [-0.2, -0.15) is 0 Å². The Morgan fingerprint density at radius 2 is 1.96 bits per heavy atom. The Morgan fingerprint density at radius 1 is 1.26 bits per heavy atom. The summed E-state index contributed by atoms with van der Waals surface area (Å²) in [6.45, 7) is 3.82. The summed E-state index contributed by atoms with van der Waals surface area (Å²) >= 11 is 6.28. The number of anilines is 3. The highest BCUT2D eigenvalue weighted by Crippen LogP contribution is 2.35. The fourth-order valence-corrected chi connectivity index (χ4v) is 4.03. The number of rotatable bonds is 8. The molecule has 148 valence electrons. The van der Waals surface area contributed by atoms with Gasteiger partial charge in [0.1, 0.15) is 11.5 Å². The van der Waals surface area contributed by atoms with E-state index >= 15 is 0 Å². The lowest BCUT2D eigenvalue weighted by atomic mass is 10.2. The zero-order valence-electron chi connectivity index (χ0n) is 15.8. The highest BCUT2D eigenvalue weighted by atomic mass is 35.5. The lowest BCUT2D eigenvalue weighted by molar-refractivity contribution is 0.415. The monoisotopic (exact) mass is 413 g/mol. The van der Waals surface area contributed by atoms with Gasteiger partial charge in [0.05, 0.1) is 23.6 Å². The Morgan fingerprint density at radius 3 is 2.56 bits per heavy atom. The first-order valence-electron chi connectivity index (χ1n) is 8.50. The van der Waals surface area contributed by atoms with Crippen LogP contribution in [0.3, 0.4) is 0 Å². The Labute approximate surface area is 164 Å². The molecule has 7 nitrogen and oxygen atoms in total. The van der Waals surface area contributed by atoms with E-state index in [-0.39, 0.29) is 28.6 Å². The van der Waals surface area contributed by atoms with Crippen molar-refractivity contribution in [3.8, 4) is 5.75 Å². The van der Waals surface area contributed by atoms with Crippen LogP contribution >= 0.6 is 11.6 Å². The number of nitrogens with one attached hydrogen (secondary N) is 2. The Hall–Kier alpha value is -2.19. The molecule has 1 aromatic carbocycles. The molecule has 2 aromatic rings. The van der Waals surface area contributed by atoms with Crippen molar-refractivity contribution in [2.45, 2.75) is 26.7 Å². The van der Waals surface area contributed by atoms with E-state index in [1.54, 1.807) is 12.1 Å². The average molecular weight is 414 g/mol. The summed E-state index contributed by atoms with van der Waals surface area (Å²) in [5, 5.41) is 3.50. The summed E-state index contributed by atoms with van der Waals surface area (Å²) in [7, 11) is -0.695.